The van der Waals surface area contributed by atoms with Crippen molar-refractivity contribution in [1.29, 1.82) is 0 Å². The van der Waals surface area contributed by atoms with Crippen LogP contribution in [-0.2, 0) is 0 Å². The molecular weight excluding hydrogens is 266 g/mol. The molecule has 0 saturated heterocycles. The Morgan fingerprint density at radius 2 is 2.00 bits per heavy atom. The monoisotopic (exact) mass is 283 g/mol. The van der Waals surface area contributed by atoms with Gasteiger partial charge in [-0.15, -0.1) is 0 Å². The molecule has 0 aliphatic carbocycles. The second kappa shape index (κ2) is 6.04. The normalized spacial score (nSPS) is 10.6. The predicted octanol–water partition coefficient (Wildman–Crippen LogP) is 3.68. The van der Waals surface area contributed by atoms with Crippen LogP contribution in [0.3, 0.4) is 0 Å². The topological polar surface area (TPSA) is 29.1 Å². The summed E-state index contributed by atoms with van der Waals surface area (Å²) >= 11 is 3.43. The first kappa shape index (κ1) is 13.2. The number of benzene rings is 1. The van der Waals surface area contributed by atoms with Gasteiger partial charge in [0.15, 0.2) is 0 Å². The van der Waals surface area contributed by atoms with E-state index >= 15 is 0 Å². The van der Waals surface area contributed by atoms with Crippen molar-refractivity contribution in [3.8, 4) is 0 Å². The predicted molar refractivity (Wildman–Crippen MR) is 70.7 cm³/mol. The molecule has 0 bridgehead atoms. The summed E-state index contributed by atoms with van der Waals surface area (Å²) in [5, 5.41) is 3.02. The summed E-state index contributed by atoms with van der Waals surface area (Å²) in [5.74, 6) is 0.00870. The Hall–Kier alpha value is -0.830. The average molecular weight is 284 g/mol. The Labute approximate surface area is 106 Å². The molecule has 1 rings (SSSR count). The van der Waals surface area contributed by atoms with Gasteiger partial charge < -0.3 is 5.32 Å². The van der Waals surface area contributed by atoms with Crippen LogP contribution >= 0.6 is 15.9 Å². The summed E-state index contributed by atoms with van der Waals surface area (Å²) in [4.78, 5) is 11.9. The third-order valence-electron chi connectivity index (χ3n) is 2.75. The number of hydrogen-bond donors (Lipinski definition) is 1. The quantitative estimate of drug-likeness (QED) is 0.898. The Morgan fingerprint density at radius 3 is 2.50 bits per heavy atom. The molecule has 88 valence electrons. The van der Waals surface area contributed by atoms with Crippen molar-refractivity contribution in [3.05, 3.63) is 33.8 Å². The van der Waals surface area contributed by atoms with Crippen LogP contribution in [0.15, 0.2) is 22.7 Å². The number of carbonyl (C=O) groups excluding carboxylic acids is 1. The fraction of sp³-hybridized carbons (Fsp3) is 0.462. The van der Waals surface area contributed by atoms with Crippen LogP contribution < -0.4 is 5.32 Å². The van der Waals surface area contributed by atoms with Gasteiger partial charge in [0.05, 0.1) is 0 Å². The lowest BCUT2D eigenvalue weighted by atomic mass is 10.1. The molecule has 0 aromatic heterocycles. The van der Waals surface area contributed by atoms with Crippen LogP contribution in [0.5, 0.6) is 0 Å². The zero-order valence-electron chi connectivity index (χ0n) is 10.0. The van der Waals surface area contributed by atoms with Crippen molar-refractivity contribution in [2.24, 2.45) is 0 Å². The lowest BCUT2D eigenvalue weighted by Gasteiger charge is -2.14. The molecule has 16 heavy (non-hydrogen) atoms. The molecule has 0 unspecified atom stereocenters. The SMILES string of the molecule is CCC(CC)NC(=O)c1ccc(C)c(Br)c1. The van der Waals surface area contributed by atoms with Gasteiger partial charge >= 0.3 is 0 Å². The highest BCUT2D eigenvalue weighted by Gasteiger charge is 2.11. The Kier molecular flexibility index (Phi) is 5.00. The van der Waals surface area contributed by atoms with E-state index in [1.165, 1.54) is 0 Å². The zero-order valence-corrected chi connectivity index (χ0v) is 11.6. The third kappa shape index (κ3) is 3.34. The van der Waals surface area contributed by atoms with Crippen LogP contribution in [0.25, 0.3) is 0 Å². The maximum Gasteiger partial charge on any atom is 0.251 e. The molecule has 1 amide bonds. The minimum absolute atomic E-state index is 0.00870. The van der Waals surface area contributed by atoms with E-state index in [4.69, 9.17) is 0 Å². The van der Waals surface area contributed by atoms with Gasteiger partial charge in [-0.25, -0.2) is 0 Å². The molecule has 0 saturated carbocycles. The molecule has 1 N–H and O–H groups in total. The second-order valence-corrected chi connectivity index (χ2v) is 4.81. The molecule has 0 atom stereocenters. The number of hydrogen-bond acceptors (Lipinski definition) is 1. The highest BCUT2D eigenvalue weighted by molar-refractivity contribution is 9.10. The van der Waals surface area contributed by atoms with E-state index in [-0.39, 0.29) is 11.9 Å². The molecule has 0 spiro atoms. The van der Waals surface area contributed by atoms with Crippen LogP contribution in [0.4, 0.5) is 0 Å². The van der Waals surface area contributed by atoms with E-state index in [9.17, 15) is 4.79 Å². The van der Waals surface area contributed by atoms with Crippen LogP contribution in [0, 0.1) is 6.92 Å². The Morgan fingerprint density at radius 1 is 1.38 bits per heavy atom. The van der Waals surface area contributed by atoms with Gasteiger partial charge in [0.25, 0.3) is 5.91 Å². The van der Waals surface area contributed by atoms with E-state index in [1.807, 2.05) is 25.1 Å². The van der Waals surface area contributed by atoms with Crippen LogP contribution in [0.2, 0.25) is 0 Å². The van der Waals surface area contributed by atoms with Crippen molar-refractivity contribution in [2.45, 2.75) is 39.7 Å². The first-order chi connectivity index (χ1) is 7.58. The summed E-state index contributed by atoms with van der Waals surface area (Å²) in [6.07, 6.45) is 1.94. The lowest BCUT2D eigenvalue weighted by molar-refractivity contribution is 0.0935. The van der Waals surface area contributed by atoms with Gasteiger partial charge in [-0.05, 0) is 37.5 Å². The summed E-state index contributed by atoms with van der Waals surface area (Å²) < 4.78 is 0.977. The van der Waals surface area contributed by atoms with Gasteiger partial charge in [-0.2, -0.15) is 0 Å². The fourth-order valence-electron chi connectivity index (χ4n) is 1.50. The van der Waals surface area contributed by atoms with E-state index in [1.54, 1.807) is 0 Å². The van der Waals surface area contributed by atoms with Crippen molar-refractivity contribution in [3.63, 3.8) is 0 Å². The first-order valence-corrected chi connectivity index (χ1v) is 6.44. The highest BCUT2D eigenvalue weighted by Crippen LogP contribution is 2.17. The maximum atomic E-state index is 11.9. The standard InChI is InChI=1S/C13H18BrNO/c1-4-11(5-2)15-13(16)10-7-6-9(3)12(14)8-10/h6-8,11H,4-5H2,1-3H3,(H,15,16). The maximum absolute atomic E-state index is 11.9. The molecule has 0 aliphatic rings. The number of rotatable bonds is 4. The molecule has 1 aromatic carbocycles. The third-order valence-corrected chi connectivity index (χ3v) is 3.61. The van der Waals surface area contributed by atoms with Crippen LogP contribution in [0.1, 0.15) is 42.6 Å². The lowest BCUT2D eigenvalue weighted by Crippen LogP contribution is -2.33. The van der Waals surface area contributed by atoms with E-state index in [2.05, 4.69) is 35.1 Å². The minimum Gasteiger partial charge on any atom is -0.349 e. The molecule has 0 fully saturated rings. The first-order valence-electron chi connectivity index (χ1n) is 5.65. The zero-order chi connectivity index (χ0) is 12.1. The van der Waals surface area contributed by atoms with Crippen molar-refractivity contribution >= 4 is 21.8 Å². The molecular formula is C13H18BrNO. The van der Waals surface area contributed by atoms with E-state index in [0.29, 0.717) is 5.56 Å². The number of halogens is 1. The van der Waals surface area contributed by atoms with E-state index < -0.39 is 0 Å². The Bertz CT molecular complexity index is 372. The largest absolute Gasteiger partial charge is 0.349 e. The van der Waals surface area contributed by atoms with Gasteiger partial charge in [0.2, 0.25) is 0 Å². The van der Waals surface area contributed by atoms with Crippen molar-refractivity contribution in [2.75, 3.05) is 0 Å². The Balaban J connectivity index is 2.76. The fourth-order valence-corrected chi connectivity index (χ4v) is 1.87. The van der Waals surface area contributed by atoms with Crippen LogP contribution in [-0.4, -0.2) is 11.9 Å². The summed E-state index contributed by atoms with van der Waals surface area (Å²) in [6.45, 7) is 6.17. The van der Waals surface area contributed by atoms with Gasteiger partial charge in [-0.3, -0.25) is 4.79 Å². The summed E-state index contributed by atoms with van der Waals surface area (Å²) in [5.41, 5.74) is 1.85. The number of carbonyl (C=O) groups is 1. The summed E-state index contributed by atoms with van der Waals surface area (Å²) in [6, 6.07) is 5.95. The number of nitrogens with one attached hydrogen (secondary N) is 1. The molecule has 2 nitrogen and oxygen atoms in total. The second-order valence-electron chi connectivity index (χ2n) is 3.95. The average Bonchev–Trinajstić information content (AvgIpc) is 2.29. The molecule has 0 aliphatic heterocycles. The van der Waals surface area contributed by atoms with Gasteiger partial charge in [0.1, 0.15) is 0 Å². The smallest absolute Gasteiger partial charge is 0.251 e. The van der Waals surface area contributed by atoms with Gasteiger partial charge in [0, 0.05) is 16.1 Å². The minimum atomic E-state index is 0.00870. The molecule has 1 aromatic rings. The number of amides is 1. The van der Waals surface area contributed by atoms with Gasteiger partial charge in [-0.1, -0.05) is 35.8 Å². The molecule has 3 heteroatoms. The summed E-state index contributed by atoms with van der Waals surface area (Å²) in [7, 11) is 0. The highest BCUT2D eigenvalue weighted by atomic mass is 79.9. The van der Waals surface area contributed by atoms with Crippen molar-refractivity contribution in [1.82, 2.24) is 5.32 Å². The molecule has 0 heterocycles. The molecule has 0 radical (unpaired) electrons. The van der Waals surface area contributed by atoms with Crippen molar-refractivity contribution < 1.29 is 4.79 Å². The van der Waals surface area contributed by atoms with E-state index in [0.717, 1.165) is 22.9 Å². The number of aryl methyl sites for hydroxylation is 1.